The highest BCUT2D eigenvalue weighted by atomic mass is 32.2. The highest BCUT2D eigenvalue weighted by Crippen LogP contribution is 2.44. The highest BCUT2D eigenvalue weighted by molar-refractivity contribution is 8.00. The second kappa shape index (κ2) is 7.00. The van der Waals surface area contributed by atoms with E-state index < -0.39 is 17.1 Å². The number of nitrogens with zero attached hydrogens (tertiary/aromatic N) is 1. The Morgan fingerprint density at radius 3 is 2.48 bits per heavy atom. The number of carbonyl (C=O) groups excluding carboxylic acids is 1. The number of hydrogen-bond acceptors (Lipinski definition) is 3. The van der Waals surface area contributed by atoms with Gasteiger partial charge in [0.05, 0.1) is 18.4 Å². The third-order valence-corrected chi connectivity index (χ3v) is 5.25. The van der Waals surface area contributed by atoms with Gasteiger partial charge in [-0.15, -0.1) is 11.8 Å². The van der Waals surface area contributed by atoms with Crippen LogP contribution >= 0.6 is 11.8 Å². The molecule has 0 N–H and O–H groups in total. The maximum absolute atomic E-state index is 13.3. The van der Waals surface area contributed by atoms with Gasteiger partial charge in [-0.05, 0) is 29.3 Å². The Hall–Kier alpha value is -2.15. The third-order valence-electron chi connectivity index (χ3n) is 4.01. The molecule has 3 rings (SSSR count). The molecule has 0 radical (unpaired) electrons. The van der Waals surface area contributed by atoms with Gasteiger partial charge < -0.3 is 9.64 Å². The Kier molecular flexibility index (Phi) is 4.94. The van der Waals surface area contributed by atoms with Crippen LogP contribution in [-0.4, -0.2) is 23.7 Å². The first-order chi connectivity index (χ1) is 11.9. The molecule has 0 aliphatic carbocycles. The Balaban J connectivity index is 1.90. The third kappa shape index (κ3) is 3.76. The summed E-state index contributed by atoms with van der Waals surface area (Å²) in [5, 5.41) is -0.646. The lowest BCUT2D eigenvalue weighted by atomic mass is 10.1. The minimum absolute atomic E-state index is 0.124. The molecular formula is C18H16F3NO2S. The number of hydrogen-bond donors (Lipinski definition) is 0. The predicted molar refractivity (Wildman–Crippen MR) is 90.2 cm³/mol. The fraction of sp³-hybridized carbons (Fsp3) is 0.278. The average Bonchev–Trinajstić information content (AvgIpc) is 2.95. The minimum atomic E-state index is -4.45. The van der Waals surface area contributed by atoms with E-state index in [-0.39, 0.29) is 23.8 Å². The Bertz CT molecular complexity index is 762. The minimum Gasteiger partial charge on any atom is -0.497 e. The zero-order valence-corrected chi connectivity index (χ0v) is 14.2. The van der Waals surface area contributed by atoms with Gasteiger partial charge in [0.25, 0.3) is 0 Å². The Morgan fingerprint density at radius 1 is 1.16 bits per heavy atom. The van der Waals surface area contributed by atoms with Crippen LogP contribution in [0, 0.1) is 0 Å². The van der Waals surface area contributed by atoms with Gasteiger partial charge in [0.2, 0.25) is 5.91 Å². The topological polar surface area (TPSA) is 29.5 Å². The molecule has 1 aliphatic heterocycles. The molecule has 25 heavy (non-hydrogen) atoms. The molecular weight excluding hydrogens is 351 g/mol. The molecule has 3 nitrogen and oxygen atoms in total. The van der Waals surface area contributed by atoms with E-state index in [0.29, 0.717) is 5.75 Å². The van der Waals surface area contributed by atoms with Gasteiger partial charge in [-0.2, -0.15) is 13.2 Å². The van der Waals surface area contributed by atoms with Crippen LogP contribution in [0.2, 0.25) is 0 Å². The summed E-state index contributed by atoms with van der Waals surface area (Å²) in [7, 11) is 1.56. The maximum Gasteiger partial charge on any atom is 0.416 e. The van der Waals surface area contributed by atoms with Crippen molar-refractivity contribution in [1.82, 2.24) is 4.90 Å². The molecule has 1 amide bonds. The van der Waals surface area contributed by atoms with Crippen LogP contribution in [0.25, 0.3) is 0 Å². The van der Waals surface area contributed by atoms with Crippen LogP contribution in [0.1, 0.15) is 22.1 Å². The van der Waals surface area contributed by atoms with Crippen LogP contribution in [-0.2, 0) is 17.5 Å². The van der Waals surface area contributed by atoms with E-state index in [1.165, 1.54) is 28.8 Å². The number of carbonyl (C=O) groups is 1. The van der Waals surface area contributed by atoms with E-state index in [9.17, 15) is 18.0 Å². The number of alkyl halides is 3. The number of thioether (sulfide) groups is 1. The van der Waals surface area contributed by atoms with Crippen molar-refractivity contribution in [1.29, 1.82) is 0 Å². The molecule has 0 bridgehead atoms. The first-order valence-corrected chi connectivity index (χ1v) is 8.65. The van der Waals surface area contributed by atoms with Crippen LogP contribution < -0.4 is 4.74 Å². The summed E-state index contributed by atoms with van der Waals surface area (Å²) < 4.78 is 45.0. The van der Waals surface area contributed by atoms with Crippen molar-refractivity contribution in [3.8, 4) is 5.75 Å². The molecule has 1 fully saturated rings. The Labute approximate surface area is 147 Å². The van der Waals surface area contributed by atoms with Gasteiger partial charge >= 0.3 is 6.18 Å². The SMILES string of the molecule is COc1ccc(CN2C(=O)CSC2c2ccccc2C(F)(F)F)cc1. The van der Waals surface area contributed by atoms with E-state index in [0.717, 1.165) is 11.6 Å². The van der Waals surface area contributed by atoms with E-state index in [1.807, 2.05) is 12.1 Å². The summed E-state index contributed by atoms with van der Waals surface area (Å²) in [5.41, 5.74) is 0.271. The molecule has 0 saturated carbocycles. The second-order valence-corrected chi connectivity index (χ2v) is 6.69. The summed E-state index contributed by atoms with van der Waals surface area (Å²) in [6, 6.07) is 12.6. The van der Waals surface area contributed by atoms with Crippen molar-refractivity contribution < 1.29 is 22.7 Å². The summed E-state index contributed by atoms with van der Waals surface area (Å²) in [6.07, 6.45) is -4.45. The van der Waals surface area contributed by atoms with Crippen molar-refractivity contribution in [2.45, 2.75) is 18.1 Å². The number of rotatable bonds is 4. The normalized spacial score (nSPS) is 17.8. The zero-order chi connectivity index (χ0) is 18.0. The molecule has 1 atom stereocenters. The number of ether oxygens (including phenoxy) is 1. The van der Waals surface area contributed by atoms with Crippen molar-refractivity contribution >= 4 is 17.7 Å². The van der Waals surface area contributed by atoms with Crippen molar-refractivity contribution in [2.24, 2.45) is 0 Å². The van der Waals surface area contributed by atoms with Gasteiger partial charge in [0, 0.05) is 6.54 Å². The van der Waals surface area contributed by atoms with E-state index in [4.69, 9.17) is 4.74 Å². The second-order valence-electron chi connectivity index (χ2n) is 5.62. The summed E-state index contributed by atoms with van der Waals surface area (Å²) in [6.45, 7) is 0.257. The fourth-order valence-electron chi connectivity index (χ4n) is 2.78. The quantitative estimate of drug-likeness (QED) is 0.798. The lowest BCUT2D eigenvalue weighted by molar-refractivity contribution is -0.139. The molecule has 7 heteroatoms. The van der Waals surface area contributed by atoms with E-state index >= 15 is 0 Å². The highest BCUT2D eigenvalue weighted by Gasteiger charge is 2.40. The standard InChI is InChI=1S/C18H16F3NO2S/c1-24-13-8-6-12(7-9-13)10-22-16(23)11-25-17(22)14-4-2-3-5-15(14)18(19,20)21/h2-9,17H,10-11H2,1H3. The molecule has 1 aliphatic rings. The van der Waals surface area contributed by atoms with Gasteiger partial charge in [0.15, 0.2) is 0 Å². The first-order valence-electron chi connectivity index (χ1n) is 7.60. The lowest BCUT2D eigenvalue weighted by Crippen LogP contribution is -2.28. The van der Waals surface area contributed by atoms with Gasteiger partial charge in [-0.25, -0.2) is 0 Å². The smallest absolute Gasteiger partial charge is 0.416 e. The van der Waals surface area contributed by atoms with E-state index in [1.54, 1.807) is 25.3 Å². The fourth-order valence-corrected chi connectivity index (χ4v) is 4.00. The molecule has 132 valence electrons. The summed E-state index contributed by atoms with van der Waals surface area (Å²) >= 11 is 1.22. The van der Waals surface area contributed by atoms with E-state index in [2.05, 4.69) is 0 Å². The monoisotopic (exact) mass is 367 g/mol. The molecule has 1 heterocycles. The number of halogens is 3. The first kappa shape index (κ1) is 17.7. The molecule has 0 spiro atoms. The van der Waals surface area contributed by atoms with Gasteiger partial charge in [-0.1, -0.05) is 30.3 Å². The molecule has 1 unspecified atom stereocenters. The van der Waals surface area contributed by atoms with Gasteiger partial charge in [0.1, 0.15) is 11.1 Å². The molecule has 2 aromatic rings. The Morgan fingerprint density at radius 2 is 1.84 bits per heavy atom. The van der Waals surface area contributed by atoms with Crippen molar-refractivity contribution in [2.75, 3.05) is 12.9 Å². The van der Waals surface area contributed by atoms with Crippen molar-refractivity contribution in [3.05, 3.63) is 65.2 Å². The zero-order valence-electron chi connectivity index (χ0n) is 13.4. The van der Waals surface area contributed by atoms with Crippen LogP contribution in [0.15, 0.2) is 48.5 Å². The number of amides is 1. The molecule has 1 saturated heterocycles. The molecule has 0 aromatic heterocycles. The summed E-state index contributed by atoms with van der Waals surface area (Å²) in [4.78, 5) is 13.7. The summed E-state index contributed by atoms with van der Waals surface area (Å²) in [5.74, 6) is 0.695. The van der Waals surface area contributed by atoms with Crippen LogP contribution in [0.4, 0.5) is 13.2 Å². The van der Waals surface area contributed by atoms with Crippen LogP contribution in [0.3, 0.4) is 0 Å². The van der Waals surface area contributed by atoms with Crippen molar-refractivity contribution in [3.63, 3.8) is 0 Å². The predicted octanol–water partition coefficient (Wildman–Crippen LogP) is 4.49. The number of methoxy groups -OCH3 is 1. The van der Waals surface area contributed by atoms with Gasteiger partial charge in [-0.3, -0.25) is 4.79 Å². The largest absolute Gasteiger partial charge is 0.497 e. The van der Waals surface area contributed by atoms with Crippen LogP contribution in [0.5, 0.6) is 5.75 Å². The lowest BCUT2D eigenvalue weighted by Gasteiger charge is -2.26. The average molecular weight is 367 g/mol. The number of benzene rings is 2. The maximum atomic E-state index is 13.3. The molecule has 2 aromatic carbocycles.